The van der Waals surface area contributed by atoms with E-state index in [0.717, 1.165) is 5.56 Å². The summed E-state index contributed by atoms with van der Waals surface area (Å²) >= 11 is 0. The molecular weight excluding hydrogens is 508 g/mol. The lowest BCUT2D eigenvalue weighted by atomic mass is 10.0. The summed E-state index contributed by atoms with van der Waals surface area (Å²) in [6, 6.07) is 9.31. The van der Waals surface area contributed by atoms with E-state index in [-0.39, 0.29) is 18.9 Å². The molecule has 2 unspecified atom stereocenters. The summed E-state index contributed by atoms with van der Waals surface area (Å²) in [7, 11) is 0. The number of hydrogen-bond acceptors (Lipinski definition) is 8. The Morgan fingerprint density at radius 3 is 2.40 bits per heavy atom. The molecule has 0 aliphatic rings. The van der Waals surface area contributed by atoms with Crippen LogP contribution in [0.3, 0.4) is 0 Å². The first kappa shape index (κ1) is 32.3. The Hall–Kier alpha value is -3.90. The van der Waals surface area contributed by atoms with Gasteiger partial charge in [0, 0.05) is 44.8 Å². The smallest absolute Gasteiger partial charge is 0.247 e. The fourth-order valence-electron chi connectivity index (χ4n) is 4.00. The van der Waals surface area contributed by atoms with Crippen LogP contribution in [-0.4, -0.2) is 79.0 Å². The van der Waals surface area contributed by atoms with Gasteiger partial charge < -0.3 is 38.1 Å². The molecule has 40 heavy (non-hydrogen) atoms. The number of nitrogens with one attached hydrogen (secondary N) is 3. The third kappa shape index (κ3) is 10.7. The number of nitrogens with zero attached hydrogens (tertiary/aromatic N) is 2. The van der Waals surface area contributed by atoms with Gasteiger partial charge in [-0.25, -0.2) is 0 Å². The molecule has 3 amide bonds. The van der Waals surface area contributed by atoms with Crippen molar-refractivity contribution in [1.82, 2.24) is 20.5 Å². The van der Waals surface area contributed by atoms with Crippen LogP contribution in [0.15, 0.2) is 55.8 Å². The minimum atomic E-state index is -1.14. The lowest BCUT2D eigenvalue weighted by Gasteiger charge is -2.25. The number of pyridine rings is 1. The Balaban J connectivity index is 2.10. The van der Waals surface area contributed by atoms with Crippen LogP contribution in [0, 0.1) is 0 Å². The van der Waals surface area contributed by atoms with Crippen molar-refractivity contribution in [2.75, 3.05) is 44.6 Å². The number of aromatic nitrogens is 1. The highest BCUT2D eigenvalue weighted by Crippen LogP contribution is 2.16. The molecule has 216 valence electrons. The minimum Gasteiger partial charge on any atom is -0.343 e. The van der Waals surface area contributed by atoms with Crippen LogP contribution in [0.4, 0.5) is 5.69 Å². The Labute approximate surface area is 236 Å². The molecule has 1 heterocycles. The normalized spacial score (nSPS) is 12.2. The zero-order chi connectivity index (χ0) is 29.3. The molecule has 0 saturated carbocycles. The molecule has 2 atom stereocenters. The number of carbonyl (C=O) groups excluding carboxylic acids is 3. The van der Waals surface area contributed by atoms with E-state index in [1.807, 2.05) is 30.3 Å². The average molecular weight is 551 g/mol. The van der Waals surface area contributed by atoms with Crippen LogP contribution in [0.25, 0.3) is 12.2 Å². The largest absolute Gasteiger partial charge is 0.343 e. The van der Waals surface area contributed by atoms with E-state index in [1.54, 1.807) is 23.1 Å². The van der Waals surface area contributed by atoms with Gasteiger partial charge in [0.1, 0.15) is 6.04 Å². The van der Waals surface area contributed by atoms with Gasteiger partial charge in [-0.1, -0.05) is 49.6 Å². The number of hydrogen-bond donors (Lipinski definition) is 6. The first-order valence-corrected chi connectivity index (χ1v) is 13.4. The van der Waals surface area contributed by atoms with Crippen molar-refractivity contribution in [2.24, 2.45) is 17.2 Å². The molecule has 0 saturated heterocycles. The molecule has 0 aliphatic carbocycles. The Morgan fingerprint density at radius 2 is 1.75 bits per heavy atom. The number of rotatable bonds is 18. The molecule has 2 aromatic rings. The van der Waals surface area contributed by atoms with Crippen molar-refractivity contribution in [3.63, 3.8) is 0 Å². The lowest BCUT2D eigenvalue weighted by molar-refractivity contribution is -0.134. The highest BCUT2D eigenvalue weighted by Gasteiger charge is 2.26. The summed E-state index contributed by atoms with van der Waals surface area (Å²) in [6.45, 7) is 10.2. The molecule has 0 aliphatic heterocycles. The predicted octanol–water partition coefficient (Wildman–Crippen LogP) is 0.477. The molecule has 0 fully saturated rings. The second kappa shape index (κ2) is 17.6. The van der Waals surface area contributed by atoms with Crippen molar-refractivity contribution < 1.29 is 14.4 Å². The molecule has 2 rings (SSSR count). The van der Waals surface area contributed by atoms with Crippen LogP contribution in [-0.2, 0) is 20.8 Å². The summed E-state index contributed by atoms with van der Waals surface area (Å²) in [4.78, 5) is 45.0. The summed E-state index contributed by atoms with van der Waals surface area (Å²) in [6.07, 6.45) is 5.37. The van der Waals surface area contributed by atoms with Gasteiger partial charge in [-0.05, 0) is 30.5 Å². The molecule has 11 nitrogen and oxygen atoms in total. The number of nitrogens with two attached hydrogens (primary N) is 3. The maximum absolute atomic E-state index is 13.3. The van der Waals surface area contributed by atoms with Gasteiger partial charge in [-0.2, -0.15) is 0 Å². The van der Waals surface area contributed by atoms with E-state index >= 15 is 0 Å². The Kier molecular flexibility index (Phi) is 14.3. The van der Waals surface area contributed by atoms with Gasteiger partial charge in [-0.3, -0.25) is 19.4 Å². The van der Waals surface area contributed by atoms with E-state index in [0.29, 0.717) is 62.5 Å². The Bertz CT molecular complexity index is 1130. The fraction of sp³-hybridized carbons (Fsp3) is 0.379. The minimum absolute atomic E-state index is 0.217. The van der Waals surface area contributed by atoms with Gasteiger partial charge in [0.15, 0.2) is 0 Å². The molecule has 1 aromatic heterocycles. The summed E-state index contributed by atoms with van der Waals surface area (Å²) in [5.74, 6) is -1.32. The van der Waals surface area contributed by atoms with Gasteiger partial charge in [0.25, 0.3) is 0 Å². The van der Waals surface area contributed by atoms with E-state index in [4.69, 9.17) is 17.2 Å². The summed E-state index contributed by atoms with van der Waals surface area (Å²) in [5.41, 5.74) is 20.1. The van der Waals surface area contributed by atoms with Crippen LogP contribution >= 0.6 is 0 Å². The first-order valence-electron chi connectivity index (χ1n) is 13.4. The number of amides is 3. The summed E-state index contributed by atoms with van der Waals surface area (Å²) in [5, 5.41) is 8.68. The third-order valence-electron chi connectivity index (χ3n) is 6.19. The van der Waals surface area contributed by atoms with Crippen molar-refractivity contribution >= 4 is 35.6 Å². The Morgan fingerprint density at radius 1 is 1.00 bits per heavy atom. The zero-order valence-electron chi connectivity index (χ0n) is 23.0. The summed E-state index contributed by atoms with van der Waals surface area (Å²) < 4.78 is 0. The second-order valence-electron chi connectivity index (χ2n) is 9.20. The maximum Gasteiger partial charge on any atom is 0.247 e. The van der Waals surface area contributed by atoms with Crippen LogP contribution < -0.4 is 33.2 Å². The van der Waals surface area contributed by atoms with E-state index in [2.05, 4.69) is 34.1 Å². The zero-order valence-corrected chi connectivity index (χ0v) is 23.0. The van der Waals surface area contributed by atoms with Gasteiger partial charge >= 0.3 is 0 Å². The standard InChI is InChI=1S/C29H42N8O3/c1-3-22-18-23(20-34-25(22)4-2)35-29(40)26(11-10-21-8-6-5-7-9-21)36-28(39)24(32)19-27(38)37(16-13-31)17-15-33-14-12-30/h3-9,18,20,24,26,33H,1-2,10-17,19,30-32H2,(H,35,40)(H,36,39). The van der Waals surface area contributed by atoms with Crippen molar-refractivity contribution in [1.29, 1.82) is 0 Å². The molecule has 1 aromatic carbocycles. The molecule has 0 radical (unpaired) electrons. The SMILES string of the molecule is C=Cc1cc(NC(=O)C(CCc2ccccc2)NC(=O)C(N)CC(=O)N(CCN)CCNCCN)cnc1C=C. The highest BCUT2D eigenvalue weighted by molar-refractivity contribution is 5.98. The maximum atomic E-state index is 13.3. The lowest BCUT2D eigenvalue weighted by Crippen LogP contribution is -2.52. The molecule has 0 spiro atoms. The topological polar surface area (TPSA) is 181 Å². The number of benzene rings is 1. The van der Waals surface area contributed by atoms with Crippen LogP contribution in [0.2, 0.25) is 0 Å². The second-order valence-corrected chi connectivity index (χ2v) is 9.20. The average Bonchev–Trinajstić information content (AvgIpc) is 2.96. The number of aryl methyl sites for hydroxylation is 1. The van der Waals surface area contributed by atoms with E-state index in [1.165, 1.54) is 6.20 Å². The number of anilines is 1. The highest BCUT2D eigenvalue weighted by atomic mass is 16.2. The van der Waals surface area contributed by atoms with Gasteiger partial charge in [0.2, 0.25) is 17.7 Å². The molecule has 11 heteroatoms. The van der Waals surface area contributed by atoms with Crippen LogP contribution in [0.1, 0.15) is 29.7 Å². The van der Waals surface area contributed by atoms with E-state index < -0.39 is 23.9 Å². The van der Waals surface area contributed by atoms with Gasteiger partial charge in [0.05, 0.1) is 30.0 Å². The predicted molar refractivity (Wildman–Crippen MR) is 160 cm³/mol. The monoisotopic (exact) mass is 550 g/mol. The van der Waals surface area contributed by atoms with Crippen molar-refractivity contribution in [2.45, 2.75) is 31.3 Å². The first-order chi connectivity index (χ1) is 19.3. The van der Waals surface area contributed by atoms with Crippen molar-refractivity contribution in [3.05, 3.63) is 72.6 Å². The van der Waals surface area contributed by atoms with E-state index in [9.17, 15) is 14.4 Å². The quantitative estimate of drug-likeness (QED) is 0.145. The van der Waals surface area contributed by atoms with Gasteiger partial charge in [-0.15, -0.1) is 0 Å². The molecular formula is C29H42N8O3. The molecule has 9 N–H and O–H groups in total. The molecule has 0 bridgehead atoms. The third-order valence-corrected chi connectivity index (χ3v) is 6.19. The van der Waals surface area contributed by atoms with Crippen LogP contribution in [0.5, 0.6) is 0 Å². The fourth-order valence-corrected chi connectivity index (χ4v) is 4.00. The van der Waals surface area contributed by atoms with Crippen molar-refractivity contribution in [3.8, 4) is 0 Å². The number of carbonyl (C=O) groups is 3.